The number of carbonyl (C=O) groups is 2. The number of ether oxygens (including phenoxy) is 2. The molecule has 1 saturated heterocycles. The highest BCUT2D eigenvalue weighted by molar-refractivity contribution is 9.10. The monoisotopic (exact) mass is 772 g/mol. The zero-order valence-electron chi connectivity index (χ0n) is 29.0. The molecule has 15 heteroatoms. The number of benzene rings is 2. The molecule has 0 saturated carbocycles. The maximum absolute atomic E-state index is 13.9. The third-order valence-corrected chi connectivity index (χ3v) is 9.32. The van der Waals surface area contributed by atoms with Crippen molar-refractivity contribution < 1.29 is 32.2 Å². The molecule has 0 radical (unpaired) electrons. The fraction of sp³-hybridized carbons (Fsp3) is 0.588. The van der Waals surface area contributed by atoms with Gasteiger partial charge in [0.05, 0.1) is 22.6 Å². The summed E-state index contributed by atoms with van der Waals surface area (Å²) in [6, 6.07) is 8.14. The van der Waals surface area contributed by atoms with Crippen molar-refractivity contribution in [2.24, 2.45) is 0 Å². The van der Waals surface area contributed by atoms with Crippen molar-refractivity contribution in [3.8, 4) is 0 Å². The first-order chi connectivity index (χ1) is 22.8. The number of piperidine rings is 1. The van der Waals surface area contributed by atoms with E-state index in [1.165, 1.54) is 23.9 Å². The van der Waals surface area contributed by atoms with Gasteiger partial charge in [0.25, 0.3) is 0 Å². The van der Waals surface area contributed by atoms with Crippen LogP contribution >= 0.6 is 27.7 Å². The number of rotatable bonds is 11. The van der Waals surface area contributed by atoms with Crippen LogP contribution in [-0.4, -0.2) is 91.6 Å². The molecule has 1 fully saturated rings. The van der Waals surface area contributed by atoms with Gasteiger partial charge in [0.1, 0.15) is 11.2 Å². The van der Waals surface area contributed by atoms with Gasteiger partial charge in [-0.3, -0.25) is 4.90 Å². The van der Waals surface area contributed by atoms with Crippen LogP contribution in [0.3, 0.4) is 0 Å². The third-order valence-electron chi connectivity index (χ3n) is 7.72. The van der Waals surface area contributed by atoms with Crippen LogP contribution in [0.4, 0.5) is 39.8 Å². The molecule has 0 aliphatic carbocycles. The highest BCUT2D eigenvalue weighted by Crippen LogP contribution is 2.50. The van der Waals surface area contributed by atoms with Gasteiger partial charge in [-0.25, -0.2) is 9.59 Å². The van der Waals surface area contributed by atoms with E-state index in [1.807, 2.05) is 59.7 Å². The lowest BCUT2D eigenvalue weighted by molar-refractivity contribution is -0.137. The lowest BCUT2D eigenvalue weighted by Crippen LogP contribution is -2.46. The molecule has 4 N–H and O–H groups in total. The maximum Gasteiger partial charge on any atom is 0.416 e. The number of nitrogens with one attached hydrogen (secondary N) is 4. The molecule has 2 heterocycles. The molecule has 2 aromatic rings. The SMILES string of the molecule is CC(C)(C)OC(=O)NCCN(CCNC(=O)OC(C)(C)C)CCN1CCC(Nc2cc(C(F)(F)F)cc3c2Nc2ccc(Br)cc2S3)CC1. The fourth-order valence-electron chi connectivity index (χ4n) is 5.44. The second-order valence-electron chi connectivity index (χ2n) is 14.2. The van der Waals surface area contributed by atoms with E-state index >= 15 is 0 Å². The molecule has 2 aliphatic rings. The highest BCUT2D eigenvalue weighted by Gasteiger charge is 2.34. The Balaban J connectivity index is 1.32. The lowest BCUT2D eigenvalue weighted by atomic mass is 10.0. The van der Waals surface area contributed by atoms with E-state index in [4.69, 9.17) is 9.47 Å². The summed E-state index contributed by atoms with van der Waals surface area (Å²) in [7, 11) is 0. The largest absolute Gasteiger partial charge is 0.444 e. The minimum absolute atomic E-state index is 0.00843. The summed E-state index contributed by atoms with van der Waals surface area (Å²) < 4.78 is 53.3. The van der Waals surface area contributed by atoms with E-state index in [0.717, 1.165) is 47.5 Å². The number of hydrogen-bond donors (Lipinski definition) is 4. The van der Waals surface area contributed by atoms with E-state index in [0.29, 0.717) is 49.0 Å². The number of alkyl halides is 3. The molecule has 2 aliphatic heterocycles. The first kappa shape index (κ1) is 38.9. The summed E-state index contributed by atoms with van der Waals surface area (Å²) in [6.45, 7) is 15.7. The Morgan fingerprint density at radius 3 is 2.06 bits per heavy atom. The Kier molecular flexibility index (Phi) is 13.0. The minimum Gasteiger partial charge on any atom is -0.444 e. The molecule has 49 heavy (non-hydrogen) atoms. The second-order valence-corrected chi connectivity index (χ2v) is 16.2. The van der Waals surface area contributed by atoms with Gasteiger partial charge >= 0.3 is 18.4 Å². The lowest BCUT2D eigenvalue weighted by Gasteiger charge is -2.35. The van der Waals surface area contributed by atoms with Crippen molar-refractivity contribution >= 4 is 56.9 Å². The van der Waals surface area contributed by atoms with Crippen molar-refractivity contribution in [1.29, 1.82) is 0 Å². The van der Waals surface area contributed by atoms with Crippen molar-refractivity contribution in [3.63, 3.8) is 0 Å². The molecule has 272 valence electrons. The van der Waals surface area contributed by atoms with Crippen LogP contribution in [0, 0.1) is 0 Å². The molecule has 2 aromatic carbocycles. The van der Waals surface area contributed by atoms with Crippen LogP contribution in [0.25, 0.3) is 0 Å². The Morgan fingerprint density at radius 2 is 1.51 bits per heavy atom. The first-order valence-corrected chi connectivity index (χ1v) is 18.1. The van der Waals surface area contributed by atoms with Crippen molar-refractivity contribution in [1.82, 2.24) is 20.4 Å². The zero-order valence-corrected chi connectivity index (χ0v) is 31.4. The van der Waals surface area contributed by atoms with E-state index in [1.54, 1.807) is 0 Å². The van der Waals surface area contributed by atoms with Crippen molar-refractivity contribution in [3.05, 3.63) is 40.4 Å². The topological polar surface area (TPSA) is 107 Å². The normalized spacial score (nSPS) is 15.6. The summed E-state index contributed by atoms with van der Waals surface area (Å²) in [4.78, 5) is 30.2. The quantitative estimate of drug-likeness (QED) is 0.155. The van der Waals surface area contributed by atoms with Crippen LogP contribution in [0.2, 0.25) is 0 Å². The van der Waals surface area contributed by atoms with E-state index < -0.39 is 35.1 Å². The Hall–Kier alpha value is -2.88. The number of anilines is 3. The number of alkyl carbamates (subject to hydrolysis) is 2. The highest BCUT2D eigenvalue weighted by atomic mass is 79.9. The maximum atomic E-state index is 13.9. The van der Waals surface area contributed by atoms with Gasteiger partial charge in [0, 0.05) is 72.7 Å². The predicted octanol–water partition coefficient (Wildman–Crippen LogP) is 7.90. The van der Waals surface area contributed by atoms with E-state index in [-0.39, 0.29) is 6.04 Å². The number of halogens is 4. The van der Waals surface area contributed by atoms with Crippen molar-refractivity contribution in [2.75, 3.05) is 63.0 Å². The molecule has 0 spiro atoms. The summed E-state index contributed by atoms with van der Waals surface area (Å²) in [5.41, 5.74) is 0.0885. The van der Waals surface area contributed by atoms with Crippen LogP contribution in [-0.2, 0) is 15.7 Å². The van der Waals surface area contributed by atoms with Crippen LogP contribution in [0.5, 0.6) is 0 Å². The molecule has 4 rings (SSSR count). The standard InChI is InChI=1S/C34H48BrF3N6O4S/c1-32(2,3)47-30(45)39-11-15-44(16-12-40-31(46)48-33(4,5)6)18-17-43-13-9-24(10-14-43)41-26-19-22(34(36,37)38)20-28-29(26)42-25-8-7-23(35)21-27(25)49-28/h7-8,19-21,24,41-42H,9-18H2,1-6H3,(H,39,45)(H,40,46). The summed E-state index contributed by atoms with van der Waals surface area (Å²) in [5.74, 6) is 0. The summed E-state index contributed by atoms with van der Waals surface area (Å²) >= 11 is 4.78. The molecule has 0 unspecified atom stereocenters. The van der Waals surface area contributed by atoms with Gasteiger partial charge in [-0.05, 0) is 84.7 Å². The number of nitrogens with zero attached hydrogens (tertiary/aromatic N) is 2. The average Bonchev–Trinajstić information content (AvgIpc) is 2.97. The van der Waals surface area contributed by atoms with Gasteiger partial charge in [-0.1, -0.05) is 27.7 Å². The Morgan fingerprint density at radius 1 is 0.918 bits per heavy atom. The molecule has 0 aromatic heterocycles. The Bertz CT molecular complexity index is 1430. The summed E-state index contributed by atoms with van der Waals surface area (Å²) in [6.07, 6.45) is -3.91. The van der Waals surface area contributed by atoms with E-state index in [2.05, 4.69) is 47.0 Å². The number of carbonyl (C=O) groups excluding carboxylic acids is 2. The zero-order chi connectivity index (χ0) is 36.0. The smallest absolute Gasteiger partial charge is 0.416 e. The van der Waals surface area contributed by atoms with Crippen molar-refractivity contribution in [2.45, 2.75) is 87.6 Å². The number of fused-ring (bicyclic) bond motifs is 2. The fourth-order valence-corrected chi connectivity index (χ4v) is 7.05. The van der Waals surface area contributed by atoms with Crippen LogP contribution < -0.4 is 21.3 Å². The molecular formula is C34H48BrF3N6O4S. The molecule has 0 bridgehead atoms. The molecule has 0 atom stereocenters. The first-order valence-electron chi connectivity index (χ1n) is 16.5. The third kappa shape index (κ3) is 12.7. The summed E-state index contributed by atoms with van der Waals surface area (Å²) in [5, 5.41) is 12.4. The van der Waals surface area contributed by atoms with Gasteiger partial charge in [-0.15, -0.1) is 0 Å². The second kappa shape index (κ2) is 16.4. The van der Waals surface area contributed by atoms with Crippen LogP contribution in [0.1, 0.15) is 59.9 Å². The van der Waals surface area contributed by atoms with Gasteiger partial charge in [-0.2, -0.15) is 13.2 Å². The number of likely N-dealkylation sites (tertiary alicyclic amines) is 1. The van der Waals surface area contributed by atoms with Gasteiger partial charge in [0.15, 0.2) is 0 Å². The van der Waals surface area contributed by atoms with E-state index in [9.17, 15) is 22.8 Å². The van der Waals surface area contributed by atoms with Gasteiger partial charge in [0.2, 0.25) is 0 Å². The van der Waals surface area contributed by atoms with Crippen LogP contribution in [0.15, 0.2) is 44.6 Å². The predicted molar refractivity (Wildman–Crippen MR) is 191 cm³/mol. The minimum atomic E-state index is -4.47. The molecule has 2 amide bonds. The number of amides is 2. The Labute approximate surface area is 299 Å². The molecule has 10 nitrogen and oxygen atoms in total. The average molecular weight is 774 g/mol. The number of hydrogen-bond acceptors (Lipinski definition) is 9. The molecular weight excluding hydrogens is 725 g/mol. The van der Waals surface area contributed by atoms with Gasteiger partial charge < -0.3 is 35.6 Å².